The summed E-state index contributed by atoms with van der Waals surface area (Å²) in [5.74, 6) is 1.57. The number of piperidine rings is 1. The zero-order valence-electron chi connectivity index (χ0n) is 16.3. The molecule has 0 spiro atoms. The molecule has 3 aliphatic heterocycles. The van der Waals surface area contributed by atoms with Crippen molar-refractivity contribution in [3.8, 4) is 11.5 Å². The molecule has 0 aromatic heterocycles. The van der Waals surface area contributed by atoms with E-state index in [9.17, 15) is 4.79 Å². The molecule has 2 amide bonds. The molecule has 2 atom stereocenters. The van der Waals surface area contributed by atoms with Crippen molar-refractivity contribution in [2.75, 3.05) is 39.4 Å². The van der Waals surface area contributed by atoms with Crippen molar-refractivity contribution >= 4 is 6.03 Å². The van der Waals surface area contributed by atoms with Crippen molar-refractivity contribution in [1.29, 1.82) is 0 Å². The van der Waals surface area contributed by atoms with Gasteiger partial charge in [-0.05, 0) is 63.4 Å². The molecule has 1 N–H and O–H groups in total. The molecule has 2 saturated heterocycles. The highest BCUT2D eigenvalue weighted by Gasteiger charge is 2.29. The molecule has 27 heavy (non-hydrogen) atoms. The highest BCUT2D eigenvalue weighted by molar-refractivity contribution is 5.75. The van der Waals surface area contributed by atoms with E-state index in [1.165, 1.54) is 32.4 Å². The van der Waals surface area contributed by atoms with E-state index >= 15 is 0 Å². The Balaban J connectivity index is 1.36. The first-order valence-corrected chi connectivity index (χ1v) is 10.4. The molecule has 4 rings (SSSR count). The molecule has 0 bridgehead atoms. The van der Waals surface area contributed by atoms with Crippen LogP contribution in [0, 0.1) is 0 Å². The van der Waals surface area contributed by atoms with Crippen molar-refractivity contribution in [2.45, 2.75) is 51.1 Å². The third-order valence-corrected chi connectivity index (χ3v) is 5.95. The smallest absolute Gasteiger partial charge is 0.317 e. The number of likely N-dealkylation sites (tertiary alicyclic amines) is 2. The molecule has 6 heteroatoms. The number of rotatable bonds is 3. The third-order valence-electron chi connectivity index (χ3n) is 5.95. The van der Waals surface area contributed by atoms with Gasteiger partial charge in [0.15, 0.2) is 11.5 Å². The number of benzene rings is 1. The van der Waals surface area contributed by atoms with Crippen LogP contribution in [0.2, 0.25) is 0 Å². The molecule has 3 heterocycles. The number of nitrogens with one attached hydrogen (secondary N) is 1. The van der Waals surface area contributed by atoms with Crippen LogP contribution in [0.4, 0.5) is 4.79 Å². The van der Waals surface area contributed by atoms with Crippen molar-refractivity contribution in [2.24, 2.45) is 0 Å². The van der Waals surface area contributed by atoms with Gasteiger partial charge >= 0.3 is 6.03 Å². The van der Waals surface area contributed by atoms with Gasteiger partial charge in [0.05, 0.1) is 19.3 Å². The van der Waals surface area contributed by atoms with Crippen molar-refractivity contribution in [3.05, 3.63) is 23.8 Å². The minimum Gasteiger partial charge on any atom is -0.490 e. The van der Waals surface area contributed by atoms with E-state index in [2.05, 4.69) is 10.2 Å². The van der Waals surface area contributed by atoms with Gasteiger partial charge in [-0.2, -0.15) is 0 Å². The lowest BCUT2D eigenvalue weighted by Crippen LogP contribution is -2.52. The summed E-state index contributed by atoms with van der Waals surface area (Å²) in [4.78, 5) is 17.4. The number of fused-ring (bicyclic) bond motifs is 1. The number of urea groups is 1. The van der Waals surface area contributed by atoms with E-state index < -0.39 is 0 Å². The van der Waals surface area contributed by atoms with Crippen LogP contribution >= 0.6 is 0 Å². The highest BCUT2D eigenvalue weighted by atomic mass is 16.5. The molecule has 6 nitrogen and oxygen atoms in total. The largest absolute Gasteiger partial charge is 0.490 e. The lowest BCUT2D eigenvalue weighted by atomic mass is 10.0. The second kappa shape index (κ2) is 8.38. The summed E-state index contributed by atoms with van der Waals surface area (Å²) < 4.78 is 11.5. The first-order valence-electron chi connectivity index (χ1n) is 10.4. The average Bonchev–Trinajstić information content (AvgIpc) is 3.13. The lowest BCUT2D eigenvalue weighted by molar-refractivity contribution is 0.124. The van der Waals surface area contributed by atoms with Crippen LogP contribution in [0.3, 0.4) is 0 Å². The van der Waals surface area contributed by atoms with E-state index in [-0.39, 0.29) is 12.1 Å². The maximum absolute atomic E-state index is 12.8. The first-order chi connectivity index (χ1) is 13.2. The molecule has 148 valence electrons. The van der Waals surface area contributed by atoms with Crippen LogP contribution in [-0.2, 0) is 0 Å². The van der Waals surface area contributed by atoms with Crippen LogP contribution in [0.5, 0.6) is 11.5 Å². The fourth-order valence-electron chi connectivity index (χ4n) is 4.35. The molecule has 1 aromatic carbocycles. The van der Waals surface area contributed by atoms with Crippen LogP contribution in [-0.4, -0.2) is 61.3 Å². The molecule has 0 aliphatic carbocycles. The summed E-state index contributed by atoms with van der Waals surface area (Å²) in [5.41, 5.74) is 1.04. The van der Waals surface area contributed by atoms with Gasteiger partial charge in [-0.3, -0.25) is 4.90 Å². The zero-order chi connectivity index (χ0) is 18.6. The topological polar surface area (TPSA) is 54.0 Å². The second-order valence-electron chi connectivity index (χ2n) is 7.91. The van der Waals surface area contributed by atoms with Crippen LogP contribution < -0.4 is 14.8 Å². The quantitative estimate of drug-likeness (QED) is 0.884. The first kappa shape index (κ1) is 18.4. The molecular weight excluding hydrogens is 342 g/mol. The second-order valence-corrected chi connectivity index (χ2v) is 7.91. The van der Waals surface area contributed by atoms with E-state index in [1.807, 2.05) is 30.0 Å². The zero-order valence-corrected chi connectivity index (χ0v) is 16.3. The minimum atomic E-state index is -0.0678. The van der Waals surface area contributed by atoms with Gasteiger partial charge in [0, 0.05) is 25.6 Å². The molecule has 1 aromatic rings. The Morgan fingerprint density at radius 3 is 2.67 bits per heavy atom. The number of nitrogens with zero attached hydrogens (tertiary/aromatic N) is 2. The maximum Gasteiger partial charge on any atom is 0.317 e. The lowest BCUT2D eigenvalue weighted by Gasteiger charge is -2.38. The minimum absolute atomic E-state index is 0.0403. The number of carbonyl (C=O) groups excluding carboxylic acids is 1. The number of hydrogen-bond donors (Lipinski definition) is 1. The maximum atomic E-state index is 12.8. The Labute approximate surface area is 161 Å². The summed E-state index contributed by atoms with van der Waals surface area (Å²) >= 11 is 0. The van der Waals surface area contributed by atoms with Crippen molar-refractivity contribution in [3.63, 3.8) is 0 Å². The highest BCUT2D eigenvalue weighted by Crippen LogP contribution is 2.32. The van der Waals surface area contributed by atoms with Gasteiger partial charge < -0.3 is 19.7 Å². The van der Waals surface area contributed by atoms with Gasteiger partial charge in [0.25, 0.3) is 0 Å². The van der Waals surface area contributed by atoms with Gasteiger partial charge in [0.2, 0.25) is 0 Å². The standard InChI is InChI=1S/C21H31N3O3/c1-16(17-7-8-19-20(14-17)27-13-5-12-26-19)22-21(25)24-11-4-6-18(15-24)23-9-2-3-10-23/h7-8,14,16,18H,2-6,9-13,15H2,1H3,(H,22,25)/t16-,18+/m1/s1. The Kier molecular flexibility index (Phi) is 5.72. The summed E-state index contributed by atoms with van der Waals surface area (Å²) in [6.45, 7) is 7.46. The van der Waals surface area contributed by atoms with Gasteiger partial charge in [-0.1, -0.05) is 6.07 Å². The SMILES string of the molecule is C[C@@H](NC(=O)N1CCC[C@H](N2CCCC2)C1)c1ccc2c(c1)OCCCO2. The molecule has 2 fully saturated rings. The summed E-state index contributed by atoms with van der Waals surface area (Å²) in [5, 5.41) is 3.17. The molecular formula is C21H31N3O3. The van der Waals surface area contributed by atoms with Crippen molar-refractivity contribution < 1.29 is 14.3 Å². The van der Waals surface area contributed by atoms with Crippen LogP contribution in [0.15, 0.2) is 18.2 Å². The molecule has 0 saturated carbocycles. The summed E-state index contributed by atoms with van der Waals surface area (Å²) in [7, 11) is 0. The Morgan fingerprint density at radius 2 is 1.85 bits per heavy atom. The summed E-state index contributed by atoms with van der Waals surface area (Å²) in [6, 6.07) is 6.46. The van der Waals surface area contributed by atoms with E-state index in [4.69, 9.17) is 9.47 Å². The Hall–Kier alpha value is -1.95. The summed E-state index contributed by atoms with van der Waals surface area (Å²) in [6.07, 6.45) is 5.78. The van der Waals surface area contributed by atoms with Crippen molar-refractivity contribution in [1.82, 2.24) is 15.1 Å². The Morgan fingerprint density at radius 1 is 1.07 bits per heavy atom. The fraction of sp³-hybridized carbons (Fsp3) is 0.667. The monoisotopic (exact) mass is 373 g/mol. The number of carbonyl (C=O) groups is 1. The van der Waals surface area contributed by atoms with Gasteiger partial charge in [0.1, 0.15) is 0 Å². The predicted molar refractivity (Wildman–Crippen MR) is 104 cm³/mol. The number of hydrogen-bond acceptors (Lipinski definition) is 4. The Bertz CT molecular complexity index is 660. The fourth-order valence-corrected chi connectivity index (χ4v) is 4.35. The van der Waals surface area contributed by atoms with Gasteiger partial charge in [-0.15, -0.1) is 0 Å². The normalized spacial score (nSPS) is 24.3. The van der Waals surface area contributed by atoms with E-state index in [1.54, 1.807) is 0 Å². The molecule has 0 unspecified atom stereocenters. The van der Waals surface area contributed by atoms with Crippen LogP contribution in [0.25, 0.3) is 0 Å². The molecule has 3 aliphatic rings. The van der Waals surface area contributed by atoms with E-state index in [0.29, 0.717) is 19.3 Å². The third kappa shape index (κ3) is 4.32. The number of ether oxygens (including phenoxy) is 2. The van der Waals surface area contributed by atoms with E-state index in [0.717, 1.165) is 43.0 Å². The van der Waals surface area contributed by atoms with Crippen LogP contribution in [0.1, 0.15) is 50.6 Å². The van der Waals surface area contributed by atoms with Gasteiger partial charge in [-0.25, -0.2) is 4.79 Å². The average molecular weight is 373 g/mol. The number of amides is 2. The predicted octanol–water partition coefficient (Wildman–Crippen LogP) is 3.18. The molecule has 0 radical (unpaired) electrons.